The summed E-state index contributed by atoms with van der Waals surface area (Å²) in [6, 6.07) is 4.94. The van der Waals surface area contributed by atoms with Gasteiger partial charge < -0.3 is 14.7 Å². The maximum Gasteiger partial charge on any atom is 0.407 e. The number of nitrogens with one attached hydrogen (secondary N) is 1. The van der Waals surface area contributed by atoms with E-state index in [2.05, 4.69) is 0 Å². The molecule has 1 spiro atoms. The van der Waals surface area contributed by atoms with Crippen LogP contribution < -0.4 is 10.2 Å². The molecule has 1 aromatic rings. The van der Waals surface area contributed by atoms with E-state index >= 15 is 0 Å². The molecule has 3 N–H and O–H groups in total. The fourth-order valence-electron chi connectivity index (χ4n) is 3.31. The fraction of sp³-hybridized carbons (Fsp3) is 0.353. The third-order valence-corrected chi connectivity index (χ3v) is 4.46. The number of fused-ring (bicyclic) bond motifs is 1. The molecule has 132 valence electrons. The van der Waals surface area contributed by atoms with Gasteiger partial charge in [-0.3, -0.25) is 14.8 Å². The highest BCUT2D eigenvalue weighted by molar-refractivity contribution is 6.01. The number of ether oxygens (including phenoxy) is 1. The zero-order valence-corrected chi connectivity index (χ0v) is 13.4. The van der Waals surface area contributed by atoms with Gasteiger partial charge in [-0.15, -0.1) is 0 Å². The van der Waals surface area contributed by atoms with Crippen LogP contribution in [0.4, 0.5) is 4.79 Å². The van der Waals surface area contributed by atoms with Crippen LogP contribution in [0, 0.1) is 0 Å². The van der Waals surface area contributed by atoms with Crippen LogP contribution >= 0.6 is 0 Å². The second-order valence-corrected chi connectivity index (χ2v) is 6.26. The highest BCUT2D eigenvalue weighted by Gasteiger charge is 2.44. The molecule has 1 saturated heterocycles. The molecule has 3 rings (SSSR count). The lowest BCUT2D eigenvalue weighted by molar-refractivity contribution is -0.124. The summed E-state index contributed by atoms with van der Waals surface area (Å²) in [4.78, 5) is 36.1. The summed E-state index contributed by atoms with van der Waals surface area (Å²) in [7, 11) is 0. The van der Waals surface area contributed by atoms with Crippen molar-refractivity contribution in [1.29, 1.82) is 0 Å². The highest BCUT2D eigenvalue weighted by Crippen LogP contribution is 2.38. The summed E-state index contributed by atoms with van der Waals surface area (Å²) in [5.41, 5.74) is 1.70. The molecular formula is C17H18N2O6. The average Bonchev–Trinajstić information content (AvgIpc) is 2.59. The third-order valence-electron chi connectivity index (χ3n) is 4.46. The van der Waals surface area contributed by atoms with E-state index in [1.54, 1.807) is 18.2 Å². The number of piperidine rings is 1. The molecule has 2 aliphatic heterocycles. The van der Waals surface area contributed by atoms with Crippen LogP contribution in [0.2, 0.25) is 0 Å². The maximum absolute atomic E-state index is 12.6. The van der Waals surface area contributed by atoms with Crippen molar-refractivity contribution in [3.05, 3.63) is 35.4 Å². The first-order chi connectivity index (χ1) is 11.9. The molecule has 2 heterocycles. The minimum atomic E-state index is -1.01. The first-order valence-electron chi connectivity index (χ1n) is 7.89. The Bertz CT molecular complexity index is 760. The lowest BCUT2D eigenvalue weighted by Crippen LogP contribution is -2.55. The number of ketones is 1. The zero-order valence-electron chi connectivity index (χ0n) is 13.4. The molecule has 0 bridgehead atoms. The molecule has 1 atom stereocenters. The molecule has 2 amide bonds. The van der Waals surface area contributed by atoms with Crippen molar-refractivity contribution in [3.63, 3.8) is 0 Å². The molecule has 1 unspecified atom stereocenters. The Morgan fingerprint density at radius 2 is 2.16 bits per heavy atom. The molecule has 2 aliphatic rings. The van der Waals surface area contributed by atoms with Gasteiger partial charge in [0.25, 0.3) is 5.91 Å². The number of hydroxylamine groups is 1. The number of hydrogen-bond donors (Lipinski definition) is 3. The van der Waals surface area contributed by atoms with Crippen molar-refractivity contribution in [3.8, 4) is 5.75 Å². The van der Waals surface area contributed by atoms with Crippen molar-refractivity contribution in [1.82, 2.24) is 10.4 Å². The number of Topliss-reactive ketones (excluding diaryl/α,β-unsaturated/α-hetero) is 1. The van der Waals surface area contributed by atoms with Crippen LogP contribution in [0.1, 0.15) is 35.2 Å². The molecule has 0 aliphatic carbocycles. The van der Waals surface area contributed by atoms with E-state index in [1.807, 2.05) is 0 Å². The predicted molar refractivity (Wildman–Crippen MR) is 86.5 cm³/mol. The molecule has 1 fully saturated rings. The van der Waals surface area contributed by atoms with Gasteiger partial charge in [0.1, 0.15) is 11.4 Å². The first kappa shape index (κ1) is 17.0. The highest BCUT2D eigenvalue weighted by atomic mass is 16.5. The van der Waals surface area contributed by atoms with Crippen LogP contribution in [-0.4, -0.2) is 51.7 Å². The number of likely N-dealkylation sites (tertiary alicyclic amines) is 1. The minimum absolute atomic E-state index is 0.115. The SMILES string of the molecule is O=C(/C=C/c1ccc2c(c1)C(=O)CC1(CCCN(C(=O)O)C1)O2)NO. The monoisotopic (exact) mass is 346 g/mol. The molecule has 8 heteroatoms. The van der Waals surface area contributed by atoms with Gasteiger partial charge in [0, 0.05) is 12.6 Å². The number of carbonyl (C=O) groups excluding carboxylic acids is 2. The quantitative estimate of drug-likeness (QED) is 0.426. The van der Waals surface area contributed by atoms with Gasteiger partial charge in [0.05, 0.1) is 18.5 Å². The molecular weight excluding hydrogens is 328 g/mol. The van der Waals surface area contributed by atoms with Gasteiger partial charge in [-0.25, -0.2) is 10.3 Å². The smallest absolute Gasteiger partial charge is 0.407 e. The van der Waals surface area contributed by atoms with Crippen LogP contribution in [0.15, 0.2) is 24.3 Å². The molecule has 25 heavy (non-hydrogen) atoms. The number of amides is 2. The largest absolute Gasteiger partial charge is 0.484 e. The molecule has 0 radical (unpaired) electrons. The number of carbonyl (C=O) groups is 3. The van der Waals surface area contributed by atoms with E-state index in [1.165, 1.54) is 16.5 Å². The van der Waals surface area contributed by atoms with Crippen LogP contribution in [-0.2, 0) is 4.79 Å². The van der Waals surface area contributed by atoms with Crippen molar-refractivity contribution >= 4 is 23.9 Å². The van der Waals surface area contributed by atoms with Crippen LogP contribution in [0.5, 0.6) is 5.75 Å². The number of hydrogen-bond acceptors (Lipinski definition) is 5. The van der Waals surface area contributed by atoms with E-state index in [0.717, 1.165) is 6.08 Å². The predicted octanol–water partition coefficient (Wildman–Crippen LogP) is 1.68. The minimum Gasteiger partial charge on any atom is -0.484 e. The summed E-state index contributed by atoms with van der Waals surface area (Å²) in [6.07, 6.45) is 2.99. The topological polar surface area (TPSA) is 116 Å². The average molecular weight is 346 g/mol. The Morgan fingerprint density at radius 3 is 2.88 bits per heavy atom. The summed E-state index contributed by atoms with van der Waals surface area (Å²) < 4.78 is 6.04. The first-order valence-corrected chi connectivity index (χ1v) is 7.89. The van der Waals surface area contributed by atoms with Crippen molar-refractivity contribution in [2.24, 2.45) is 0 Å². The summed E-state index contributed by atoms with van der Waals surface area (Å²) >= 11 is 0. The van der Waals surface area contributed by atoms with E-state index in [0.29, 0.717) is 36.3 Å². The number of rotatable bonds is 2. The van der Waals surface area contributed by atoms with Gasteiger partial charge in [-0.1, -0.05) is 6.07 Å². The van der Waals surface area contributed by atoms with Gasteiger partial charge in [-0.05, 0) is 36.6 Å². The number of nitrogens with zero attached hydrogens (tertiary/aromatic N) is 1. The van der Waals surface area contributed by atoms with Gasteiger partial charge in [0.2, 0.25) is 0 Å². The normalized spacial score (nSPS) is 22.6. The van der Waals surface area contributed by atoms with Crippen molar-refractivity contribution in [2.75, 3.05) is 13.1 Å². The second-order valence-electron chi connectivity index (χ2n) is 6.26. The Labute approximate surface area is 143 Å². The molecule has 0 aromatic heterocycles. The Morgan fingerprint density at radius 1 is 1.36 bits per heavy atom. The molecule has 0 saturated carbocycles. The Kier molecular flexibility index (Phi) is 4.45. The van der Waals surface area contributed by atoms with Crippen molar-refractivity contribution < 1.29 is 29.4 Å². The number of carboxylic acid groups (broad SMARTS) is 1. The third kappa shape index (κ3) is 3.48. The summed E-state index contributed by atoms with van der Waals surface area (Å²) in [6.45, 7) is 0.615. The van der Waals surface area contributed by atoms with Gasteiger partial charge >= 0.3 is 6.09 Å². The van der Waals surface area contributed by atoms with Gasteiger partial charge in [-0.2, -0.15) is 0 Å². The van der Waals surface area contributed by atoms with Crippen LogP contribution in [0.25, 0.3) is 6.08 Å². The van der Waals surface area contributed by atoms with E-state index in [9.17, 15) is 19.5 Å². The van der Waals surface area contributed by atoms with Gasteiger partial charge in [0.15, 0.2) is 5.78 Å². The molecule has 1 aromatic carbocycles. The van der Waals surface area contributed by atoms with Crippen LogP contribution in [0.3, 0.4) is 0 Å². The van der Waals surface area contributed by atoms with E-state index in [-0.39, 0.29) is 18.7 Å². The summed E-state index contributed by atoms with van der Waals surface area (Å²) in [5, 5.41) is 17.7. The fourth-order valence-corrected chi connectivity index (χ4v) is 3.31. The molecule has 8 nitrogen and oxygen atoms in total. The maximum atomic E-state index is 12.6. The Hall–Kier alpha value is -2.87. The van der Waals surface area contributed by atoms with Crippen molar-refractivity contribution in [2.45, 2.75) is 24.9 Å². The standard InChI is InChI=1S/C17H18N2O6/c20-13-9-17(6-1-7-19(10-17)16(22)23)25-14-4-2-11(8-12(13)14)3-5-15(21)18-24/h2-5,8,24H,1,6-7,9-10H2,(H,18,21)(H,22,23)/b5-3+. The Balaban J connectivity index is 1.84. The lowest BCUT2D eigenvalue weighted by atomic mass is 9.83. The summed E-state index contributed by atoms with van der Waals surface area (Å²) in [5.74, 6) is -0.363. The lowest BCUT2D eigenvalue weighted by Gasteiger charge is -2.43. The number of benzene rings is 1. The zero-order chi connectivity index (χ0) is 18.0. The van der Waals surface area contributed by atoms with E-state index < -0.39 is 17.6 Å². The second kappa shape index (κ2) is 6.56. The van der Waals surface area contributed by atoms with E-state index in [4.69, 9.17) is 9.94 Å².